The van der Waals surface area contributed by atoms with Gasteiger partial charge >= 0.3 is 5.97 Å². The number of ether oxygens (including phenoxy) is 1. The Labute approximate surface area is 123 Å². The molecule has 0 saturated carbocycles. The second kappa shape index (κ2) is 7.19. The Morgan fingerprint density at radius 3 is 2.48 bits per heavy atom. The Kier molecular flexibility index (Phi) is 5.04. The zero-order chi connectivity index (χ0) is 15.1. The molecule has 1 amide bonds. The normalized spacial score (nSPS) is 11.5. The minimum atomic E-state index is -0.744. The molecule has 0 fully saturated rings. The maximum atomic E-state index is 12.1. The molecule has 1 aromatic heterocycles. The number of carbonyl (C=O) groups is 2. The van der Waals surface area contributed by atoms with Crippen LogP contribution in [0.3, 0.4) is 0 Å². The number of amides is 1. The van der Waals surface area contributed by atoms with Crippen LogP contribution >= 0.6 is 0 Å². The molecule has 5 heteroatoms. The van der Waals surface area contributed by atoms with Crippen LogP contribution in [-0.2, 0) is 16.0 Å². The van der Waals surface area contributed by atoms with Crippen molar-refractivity contribution < 1.29 is 14.3 Å². The third kappa shape index (κ3) is 4.14. The predicted molar refractivity (Wildman–Crippen MR) is 77.7 cm³/mol. The molecular weight excluding hydrogens is 268 g/mol. The highest BCUT2D eigenvalue weighted by Gasteiger charge is 2.22. The summed E-state index contributed by atoms with van der Waals surface area (Å²) in [4.78, 5) is 27.9. The third-order valence-corrected chi connectivity index (χ3v) is 2.97. The van der Waals surface area contributed by atoms with Gasteiger partial charge in [0.25, 0.3) is 5.91 Å². The summed E-state index contributed by atoms with van der Waals surface area (Å²) in [7, 11) is 1.30. The van der Waals surface area contributed by atoms with E-state index in [1.54, 1.807) is 18.2 Å². The Morgan fingerprint density at radius 2 is 1.86 bits per heavy atom. The quantitative estimate of drug-likeness (QED) is 0.847. The molecule has 1 N–H and O–H groups in total. The molecule has 21 heavy (non-hydrogen) atoms. The summed E-state index contributed by atoms with van der Waals surface area (Å²) in [5, 5.41) is 2.66. The molecule has 0 aliphatic carbocycles. The first kappa shape index (κ1) is 14.7. The fraction of sp³-hybridized carbons (Fsp3) is 0.188. The number of aromatic nitrogens is 1. The van der Waals surface area contributed by atoms with Crippen LogP contribution in [-0.4, -0.2) is 30.0 Å². The Hall–Kier alpha value is -2.69. The van der Waals surface area contributed by atoms with Crippen molar-refractivity contribution in [1.82, 2.24) is 10.3 Å². The Morgan fingerprint density at radius 1 is 1.14 bits per heavy atom. The van der Waals surface area contributed by atoms with E-state index in [-0.39, 0.29) is 5.69 Å². The number of pyridine rings is 1. The number of rotatable bonds is 5. The van der Waals surface area contributed by atoms with Crippen molar-refractivity contribution >= 4 is 11.9 Å². The van der Waals surface area contributed by atoms with Crippen LogP contribution in [0.2, 0.25) is 0 Å². The molecule has 0 radical (unpaired) electrons. The number of esters is 1. The van der Waals surface area contributed by atoms with E-state index in [4.69, 9.17) is 4.74 Å². The molecule has 1 atom stereocenters. The number of nitrogens with zero attached hydrogens (tertiary/aromatic N) is 1. The molecule has 1 aromatic carbocycles. The second-order valence-corrected chi connectivity index (χ2v) is 4.45. The van der Waals surface area contributed by atoms with E-state index in [0.29, 0.717) is 6.42 Å². The number of carbonyl (C=O) groups excluding carboxylic acids is 2. The average Bonchev–Trinajstić information content (AvgIpc) is 2.55. The lowest BCUT2D eigenvalue weighted by Gasteiger charge is -2.16. The molecule has 0 aliphatic rings. The minimum Gasteiger partial charge on any atom is -0.467 e. The van der Waals surface area contributed by atoms with Crippen molar-refractivity contribution in [1.29, 1.82) is 0 Å². The predicted octanol–water partition coefficient (Wildman–Crippen LogP) is 1.60. The van der Waals surface area contributed by atoms with E-state index >= 15 is 0 Å². The van der Waals surface area contributed by atoms with Crippen molar-refractivity contribution in [3.8, 4) is 0 Å². The molecule has 0 unspecified atom stereocenters. The van der Waals surface area contributed by atoms with Crippen LogP contribution in [0.15, 0.2) is 54.7 Å². The number of hydrogen-bond donors (Lipinski definition) is 1. The standard InChI is InChI=1S/C16H16N2O3/c1-21-16(20)14(11-12-7-3-2-4-8-12)18-15(19)13-9-5-6-10-17-13/h2-10,14H,11H2,1H3,(H,18,19)/t14-/m0/s1. The summed E-state index contributed by atoms with van der Waals surface area (Å²) in [5.41, 5.74) is 1.20. The maximum Gasteiger partial charge on any atom is 0.328 e. The average molecular weight is 284 g/mol. The highest BCUT2D eigenvalue weighted by molar-refractivity contribution is 5.95. The maximum absolute atomic E-state index is 12.1. The lowest BCUT2D eigenvalue weighted by atomic mass is 10.1. The molecule has 108 valence electrons. The van der Waals surface area contributed by atoms with E-state index < -0.39 is 17.9 Å². The van der Waals surface area contributed by atoms with Gasteiger partial charge in [-0.2, -0.15) is 0 Å². The topological polar surface area (TPSA) is 68.3 Å². The number of benzene rings is 1. The molecule has 0 aliphatic heterocycles. The smallest absolute Gasteiger partial charge is 0.328 e. The highest BCUT2D eigenvalue weighted by Crippen LogP contribution is 2.05. The summed E-state index contributed by atoms with van der Waals surface area (Å²) < 4.78 is 4.75. The summed E-state index contributed by atoms with van der Waals surface area (Å²) in [6.45, 7) is 0. The molecule has 1 heterocycles. The van der Waals surface area contributed by atoms with Gasteiger partial charge in [-0.1, -0.05) is 36.4 Å². The van der Waals surface area contributed by atoms with Gasteiger partial charge in [0, 0.05) is 12.6 Å². The lowest BCUT2D eigenvalue weighted by molar-refractivity contribution is -0.142. The summed E-state index contributed by atoms with van der Waals surface area (Å²) >= 11 is 0. The van der Waals surface area contributed by atoms with E-state index in [9.17, 15) is 9.59 Å². The van der Waals surface area contributed by atoms with Gasteiger partial charge in [0.15, 0.2) is 0 Å². The first-order chi connectivity index (χ1) is 10.2. The van der Waals surface area contributed by atoms with E-state index in [1.165, 1.54) is 13.3 Å². The SMILES string of the molecule is COC(=O)[C@H](Cc1ccccc1)NC(=O)c1ccccn1. The van der Waals surface area contributed by atoms with Gasteiger partial charge < -0.3 is 10.1 Å². The first-order valence-corrected chi connectivity index (χ1v) is 6.54. The summed E-state index contributed by atoms with van der Waals surface area (Å²) in [5.74, 6) is -0.884. The molecule has 0 saturated heterocycles. The largest absolute Gasteiger partial charge is 0.467 e. The van der Waals surface area contributed by atoms with Gasteiger partial charge in [-0.15, -0.1) is 0 Å². The van der Waals surface area contributed by atoms with E-state index in [0.717, 1.165) is 5.56 Å². The molecule has 5 nitrogen and oxygen atoms in total. The van der Waals surface area contributed by atoms with Crippen LogP contribution in [0.25, 0.3) is 0 Å². The van der Waals surface area contributed by atoms with Gasteiger partial charge in [0.05, 0.1) is 7.11 Å². The van der Waals surface area contributed by atoms with Gasteiger partial charge in [-0.25, -0.2) is 4.79 Å². The molecule has 2 aromatic rings. The number of methoxy groups -OCH3 is 1. The zero-order valence-corrected chi connectivity index (χ0v) is 11.7. The molecule has 0 spiro atoms. The van der Waals surface area contributed by atoms with Gasteiger partial charge in [0.1, 0.15) is 11.7 Å². The monoisotopic (exact) mass is 284 g/mol. The van der Waals surface area contributed by atoms with Crippen LogP contribution in [0.5, 0.6) is 0 Å². The van der Waals surface area contributed by atoms with Crippen molar-refractivity contribution in [2.75, 3.05) is 7.11 Å². The van der Waals surface area contributed by atoms with Crippen molar-refractivity contribution in [2.24, 2.45) is 0 Å². The van der Waals surface area contributed by atoms with Crippen LogP contribution in [0, 0.1) is 0 Å². The summed E-state index contributed by atoms with van der Waals surface area (Å²) in [6, 6.07) is 13.7. The molecule has 2 rings (SSSR count). The number of nitrogens with one attached hydrogen (secondary N) is 1. The third-order valence-electron chi connectivity index (χ3n) is 2.97. The fourth-order valence-corrected chi connectivity index (χ4v) is 1.91. The zero-order valence-electron chi connectivity index (χ0n) is 11.7. The highest BCUT2D eigenvalue weighted by atomic mass is 16.5. The van der Waals surface area contributed by atoms with Gasteiger partial charge in [0.2, 0.25) is 0 Å². The van der Waals surface area contributed by atoms with Crippen molar-refractivity contribution in [3.05, 3.63) is 66.0 Å². The summed E-state index contributed by atoms with van der Waals surface area (Å²) in [6.07, 6.45) is 1.89. The van der Waals surface area contributed by atoms with Crippen LogP contribution < -0.4 is 5.32 Å². The second-order valence-electron chi connectivity index (χ2n) is 4.45. The van der Waals surface area contributed by atoms with Crippen LogP contribution in [0.4, 0.5) is 0 Å². The van der Waals surface area contributed by atoms with E-state index in [2.05, 4.69) is 10.3 Å². The van der Waals surface area contributed by atoms with Crippen molar-refractivity contribution in [2.45, 2.75) is 12.5 Å². The minimum absolute atomic E-state index is 0.263. The fourth-order valence-electron chi connectivity index (χ4n) is 1.91. The van der Waals surface area contributed by atoms with Crippen LogP contribution in [0.1, 0.15) is 16.1 Å². The Bertz CT molecular complexity index is 599. The molecular formula is C16H16N2O3. The van der Waals surface area contributed by atoms with Gasteiger partial charge in [-0.05, 0) is 17.7 Å². The lowest BCUT2D eigenvalue weighted by Crippen LogP contribution is -2.43. The van der Waals surface area contributed by atoms with E-state index in [1.807, 2.05) is 30.3 Å². The molecule has 0 bridgehead atoms. The Balaban J connectivity index is 2.10. The first-order valence-electron chi connectivity index (χ1n) is 6.54. The number of hydrogen-bond acceptors (Lipinski definition) is 4. The van der Waals surface area contributed by atoms with Gasteiger partial charge in [-0.3, -0.25) is 9.78 Å². The van der Waals surface area contributed by atoms with Crippen molar-refractivity contribution in [3.63, 3.8) is 0 Å².